The molecule has 36 heavy (non-hydrogen) atoms. The van der Waals surface area contributed by atoms with Gasteiger partial charge in [0.05, 0.1) is 17.1 Å². The summed E-state index contributed by atoms with van der Waals surface area (Å²) in [6, 6.07) is 6.38. The van der Waals surface area contributed by atoms with E-state index in [1.807, 2.05) is 25.4 Å². The summed E-state index contributed by atoms with van der Waals surface area (Å²) in [5.41, 5.74) is 2.71. The fourth-order valence-electron chi connectivity index (χ4n) is 3.89. The molecule has 0 aliphatic carbocycles. The van der Waals surface area contributed by atoms with Crippen LogP contribution in [0.15, 0.2) is 50.9 Å². The lowest BCUT2D eigenvalue weighted by molar-refractivity contribution is 0.219. The summed E-state index contributed by atoms with van der Waals surface area (Å²) in [6.07, 6.45) is 4.82. The van der Waals surface area contributed by atoms with Crippen LogP contribution < -0.4 is 15.3 Å². The van der Waals surface area contributed by atoms with Gasteiger partial charge in [0.25, 0.3) is 10.0 Å². The van der Waals surface area contributed by atoms with Crippen LogP contribution in [0.3, 0.4) is 0 Å². The van der Waals surface area contributed by atoms with E-state index >= 15 is 0 Å². The number of benzene rings is 1. The molecule has 12 heteroatoms. The van der Waals surface area contributed by atoms with Gasteiger partial charge >= 0.3 is 0 Å². The van der Waals surface area contributed by atoms with Crippen LogP contribution in [0.4, 0.5) is 0 Å². The monoisotopic (exact) mass is 548 g/mol. The first-order chi connectivity index (χ1) is 17.0. The number of sulfonamides is 1. The fraction of sp³-hybridized carbons (Fsp3) is 0.292. The van der Waals surface area contributed by atoms with E-state index in [0.717, 1.165) is 17.9 Å². The molecule has 3 aromatic heterocycles. The molecule has 2 N–H and O–H groups in total. The zero-order valence-electron chi connectivity index (χ0n) is 20.1. The standard InChI is InChI=1S/C24H25ClN4O5S2/c1-13-9-17(15(3)33-19-5-6-20(25)28-24(19)36(26,31)32)23-18(10-13)21(30)14(2)22(34-23)16-11-27-29(12-16)7-8-35-4/h5-6,9-12,15H,7-8H2,1-4H3,(H2,26,31,32). The Bertz CT molecular complexity index is 1620. The summed E-state index contributed by atoms with van der Waals surface area (Å²) in [5, 5.41) is 9.57. The molecule has 4 rings (SSSR count). The van der Waals surface area contributed by atoms with Gasteiger partial charge in [-0.2, -0.15) is 16.9 Å². The molecule has 0 saturated heterocycles. The van der Waals surface area contributed by atoms with E-state index in [2.05, 4.69) is 10.1 Å². The van der Waals surface area contributed by atoms with Crippen molar-refractivity contribution in [3.63, 3.8) is 0 Å². The first-order valence-electron chi connectivity index (χ1n) is 10.9. The van der Waals surface area contributed by atoms with Crippen LogP contribution in [0.5, 0.6) is 5.75 Å². The van der Waals surface area contributed by atoms with E-state index in [-0.39, 0.29) is 16.3 Å². The number of rotatable bonds is 8. The fourth-order valence-corrected chi connectivity index (χ4v) is 5.07. The molecule has 0 fully saturated rings. The van der Waals surface area contributed by atoms with Gasteiger partial charge in [-0.1, -0.05) is 11.6 Å². The molecule has 9 nitrogen and oxygen atoms in total. The summed E-state index contributed by atoms with van der Waals surface area (Å²) in [6.45, 7) is 6.03. The molecule has 0 aliphatic heterocycles. The summed E-state index contributed by atoms with van der Waals surface area (Å²) in [7, 11) is -4.20. The Morgan fingerprint density at radius 3 is 2.72 bits per heavy atom. The Balaban J connectivity index is 1.84. The minimum absolute atomic E-state index is 0.0378. The van der Waals surface area contributed by atoms with Gasteiger partial charge < -0.3 is 9.15 Å². The summed E-state index contributed by atoms with van der Waals surface area (Å²) in [5.74, 6) is 1.26. The number of primary sulfonamides is 1. The lowest BCUT2D eigenvalue weighted by Gasteiger charge is -2.19. The van der Waals surface area contributed by atoms with E-state index < -0.39 is 21.2 Å². The van der Waals surface area contributed by atoms with Gasteiger partial charge in [0.2, 0.25) is 5.03 Å². The van der Waals surface area contributed by atoms with Crippen LogP contribution in [-0.2, 0) is 16.6 Å². The first kappa shape index (κ1) is 26.2. The largest absolute Gasteiger partial charge is 0.483 e. The number of halogens is 1. The first-order valence-corrected chi connectivity index (χ1v) is 14.3. The van der Waals surface area contributed by atoms with Gasteiger partial charge in [-0.15, -0.1) is 0 Å². The minimum atomic E-state index is -4.20. The average molecular weight is 549 g/mol. The Kier molecular flexibility index (Phi) is 7.46. The topological polar surface area (TPSA) is 130 Å². The maximum Gasteiger partial charge on any atom is 0.259 e. The zero-order valence-corrected chi connectivity index (χ0v) is 22.5. The minimum Gasteiger partial charge on any atom is -0.483 e. The molecule has 0 spiro atoms. The van der Waals surface area contributed by atoms with Gasteiger partial charge in [-0.3, -0.25) is 9.48 Å². The number of fused-ring (bicyclic) bond motifs is 1. The van der Waals surface area contributed by atoms with Gasteiger partial charge in [0.1, 0.15) is 22.6 Å². The van der Waals surface area contributed by atoms with E-state index in [9.17, 15) is 13.2 Å². The molecule has 190 valence electrons. The Morgan fingerprint density at radius 2 is 2.03 bits per heavy atom. The Hall–Kier alpha value is -2.86. The summed E-state index contributed by atoms with van der Waals surface area (Å²) in [4.78, 5) is 17.2. The number of hydrogen-bond acceptors (Lipinski definition) is 8. The molecule has 1 unspecified atom stereocenters. The number of hydrogen-bond donors (Lipinski definition) is 1. The number of aromatic nitrogens is 3. The molecule has 0 aliphatic rings. The second-order valence-corrected chi connectivity index (χ2v) is 11.2. The number of thioether (sulfide) groups is 1. The van der Waals surface area contributed by atoms with Crippen molar-refractivity contribution in [1.29, 1.82) is 0 Å². The van der Waals surface area contributed by atoms with Crippen LogP contribution in [0.1, 0.15) is 29.7 Å². The van der Waals surface area contributed by atoms with Gasteiger partial charge in [0.15, 0.2) is 11.2 Å². The molecule has 1 aromatic carbocycles. The van der Waals surface area contributed by atoms with E-state index in [1.54, 1.807) is 42.6 Å². The predicted octanol–water partition coefficient (Wildman–Crippen LogP) is 4.47. The smallest absolute Gasteiger partial charge is 0.259 e. The van der Waals surface area contributed by atoms with Gasteiger partial charge in [-0.25, -0.2) is 18.5 Å². The molecular formula is C24H25ClN4O5S2. The molecule has 3 heterocycles. The van der Waals surface area contributed by atoms with Crippen LogP contribution in [0.2, 0.25) is 5.15 Å². The van der Waals surface area contributed by atoms with Crippen LogP contribution in [0.25, 0.3) is 22.3 Å². The van der Waals surface area contributed by atoms with Crippen molar-refractivity contribution < 1.29 is 17.6 Å². The highest BCUT2D eigenvalue weighted by Crippen LogP contribution is 2.34. The molecule has 1 atom stereocenters. The third kappa shape index (κ3) is 5.29. The maximum atomic E-state index is 13.4. The molecule has 4 aromatic rings. The van der Waals surface area contributed by atoms with Gasteiger partial charge in [-0.05, 0) is 56.9 Å². The van der Waals surface area contributed by atoms with Crippen molar-refractivity contribution in [1.82, 2.24) is 14.8 Å². The number of ether oxygens (including phenoxy) is 1. The Morgan fingerprint density at radius 1 is 1.28 bits per heavy atom. The third-order valence-electron chi connectivity index (χ3n) is 5.61. The number of nitrogens with two attached hydrogens (primary N) is 1. The quantitative estimate of drug-likeness (QED) is 0.319. The van der Waals surface area contributed by atoms with Crippen molar-refractivity contribution in [2.45, 2.75) is 38.4 Å². The van der Waals surface area contributed by atoms with Crippen molar-refractivity contribution >= 4 is 44.4 Å². The number of aryl methyl sites for hydroxylation is 2. The van der Waals surface area contributed by atoms with Crippen molar-refractivity contribution in [3.05, 3.63) is 68.7 Å². The van der Waals surface area contributed by atoms with E-state index in [0.29, 0.717) is 33.4 Å². The summed E-state index contributed by atoms with van der Waals surface area (Å²) < 4.78 is 38.2. The van der Waals surface area contributed by atoms with Crippen molar-refractivity contribution in [3.8, 4) is 17.1 Å². The predicted molar refractivity (Wildman–Crippen MR) is 141 cm³/mol. The highest BCUT2D eigenvalue weighted by atomic mass is 35.5. The maximum absolute atomic E-state index is 13.4. The summed E-state index contributed by atoms with van der Waals surface area (Å²) >= 11 is 7.58. The third-order valence-corrected chi connectivity index (χ3v) is 7.25. The lowest BCUT2D eigenvalue weighted by Crippen LogP contribution is -2.17. The zero-order chi connectivity index (χ0) is 26.2. The second kappa shape index (κ2) is 10.3. The van der Waals surface area contributed by atoms with Crippen LogP contribution in [-0.4, -0.2) is 35.2 Å². The van der Waals surface area contributed by atoms with Gasteiger partial charge in [0, 0.05) is 29.6 Å². The normalized spacial score (nSPS) is 12.7. The second-order valence-electron chi connectivity index (χ2n) is 8.34. The van der Waals surface area contributed by atoms with Crippen LogP contribution in [0, 0.1) is 13.8 Å². The number of pyridine rings is 1. The highest BCUT2D eigenvalue weighted by molar-refractivity contribution is 7.98. The average Bonchev–Trinajstić information content (AvgIpc) is 3.29. The molecule has 0 radical (unpaired) electrons. The molecule has 0 saturated carbocycles. The molecule has 0 bridgehead atoms. The van der Waals surface area contributed by atoms with Crippen LogP contribution >= 0.6 is 23.4 Å². The van der Waals surface area contributed by atoms with Crippen molar-refractivity contribution in [2.24, 2.45) is 5.14 Å². The highest BCUT2D eigenvalue weighted by Gasteiger charge is 2.24. The number of nitrogens with zero attached hydrogens (tertiary/aromatic N) is 3. The lowest BCUT2D eigenvalue weighted by atomic mass is 10.0. The Labute approximate surface area is 217 Å². The molecule has 0 amide bonds. The SMILES string of the molecule is CSCCn1cc(-c2oc3c(C(C)Oc4ccc(Cl)nc4S(N)(=O)=O)cc(C)cc3c(=O)c2C)cn1. The van der Waals surface area contributed by atoms with E-state index in [4.69, 9.17) is 25.9 Å². The van der Waals surface area contributed by atoms with E-state index in [1.165, 1.54) is 12.1 Å². The van der Waals surface area contributed by atoms with Crippen molar-refractivity contribution in [2.75, 3.05) is 12.0 Å². The molecular weight excluding hydrogens is 524 g/mol.